The van der Waals surface area contributed by atoms with Gasteiger partial charge in [-0.25, -0.2) is 0 Å². The van der Waals surface area contributed by atoms with E-state index in [1.807, 2.05) is 18.2 Å². The first-order chi connectivity index (χ1) is 6.79. The minimum absolute atomic E-state index is 0.0783. The van der Waals surface area contributed by atoms with Crippen LogP contribution in [-0.2, 0) is 0 Å². The van der Waals surface area contributed by atoms with Crippen LogP contribution in [0.2, 0.25) is 0 Å². The number of para-hydroxylation sites is 2. The predicted octanol–water partition coefficient (Wildman–Crippen LogP) is 1.42. The van der Waals surface area contributed by atoms with Crippen molar-refractivity contribution >= 4 is 5.69 Å². The van der Waals surface area contributed by atoms with Crippen LogP contribution in [0.25, 0.3) is 5.69 Å². The van der Waals surface area contributed by atoms with Crippen molar-refractivity contribution in [3.63, 3.8) is 0 Å². The SMILES string of the molecule is Nc1ccccc1-n1ccccc1=O. The molecule has 14 heavy (non-hydrogen) atoms. The summed E-state index contributed by atoms with van der Waals surface area (Å²) in [4.78, 5) is 11.5. The van der Waals surface area contributed by atoms with Crippen LogP contribution in [0.4, 0.5) is 5.69 Å². The number of anilines is 1. The summed E-state index contributed by atoms with van der Waals surface area (Å²) in [7, 11) is 0. The van der Waals surface area contributed by atoms with Gasteiger partial charge >= 0.3 is 0 Å². The third-order valence-corrected chi connectivity index (χ3v) is 2.02. The third-order valence-electron chi connectivity index (χ3n) is 2.02. The second-order valence-corrected chi connectivity index (χ2v) is 2.97. The van der Waals surface area contributed by atoms with Gasteiger partial charge in [-0.05, 0) is 18.2 Å². The molecule has 2 N–H and O–H groups in total. The van der Waals surface area contributed by atoms with Crippen LogP contribution >= 0.6 is 0 Å². The van der Waals surface area contributed by atoms with Crippen molar-refractivity contribution in [1.82, 2.24) is 4.57 Å². The van der Waals surface area contributed by atoms with Gasteiger partial charge in [0, 0.05) is 12.3 Å². The second kappa shape index (κ2) is 3.38. The van der Waals surface area contributed by atoms with E-state index < -0.39 is 0 Å². The molecule has 0 saturated carbocycles. The Morgan fingerprint density at radius 1 is 1.00 bits per heavy atom. The number of nitrogen functional groups attached to an aromatic ring is 1. The molecule has 1 heterocycles. The van der Waals surface area contributed by atoms with E-state index in [4.69, 9.17) is 5.73 Å². The normalized spacial score (nSPS) is 10.0. The van der Waals surface area contributed by atoms with Gasteiger partial charge < -0.3 is 5.73 Å². The molecule has 0 fully saturated rings. The Labute approximate surface area is 81.4 Å². The lowest BCUT2D eigenvalue weighted by Gasteiger charge is -2.07. The molecule has 0 radical (unpaired) electrons. The first-order valence-corrected chi connectivity index (χ1v) is 4.31. The average molecular weight is 186 g/mol. The molecular weight excluding hydrogens is 176 g/mol. The molecule has 2 aromatic rings. The van der Waals surface area contributed by atoms with Crippen LogP contribution in [0.15, 0.2) is 53.5 Å². The Morgan fingerprint density at radius 2 is 1.71 bits per heavy atom. The molecule has 0 spiro atoms. The first-order valence-electron chi connectivity index (χ1n) is 4.31. The fourth-order valence-corrected chi connectivity index (χ4v) is 1.33. The van der Waals surface area contributed by atoms with Gasteiger partial charge in [0.2, 0.25) is 0 Å². The van der Waals surface area contributed by atoms with Gasteiger partial charge in [0.05, 0.1) is 11.4 Å². The molecule has 0 bridgehead atoms. The van der Waals surface area contributed by atoms with E-state index in [-0.39, 0.29) is 5.56 Å². The highest BCUT2D eigenvalue weighted by molar-refractivity contribution is 5.57. The van der Waals surface area contributed by atoms with Crippen LogP contribution in [0.1, 0.15) is 0 Å². The minimum Gasteiger partial charge on any atom is -0.397 e. The zero-order chi connectivity index (χ0) is 9.97. The zero-order valence-corrected chi connectivity index (χ0v) is 7.55. The van der Waals surface area contributed by atoms with Gasteiger partial charge in [-0.1, -0.05) is 18.2 Å². The van der Waals surface area contributed by atoms with Gasteiger partial charge in [-0.3, -0.25) is 9.36 Å². The number of hydrogen-bond donors (Lipinski definition) is 1. The summed E-state index contributed by atoms with van der Waals surface area (Å²) in [5.41, 5.74) is 7.00. The van der Waals surface area contributed by atoms with Crippen LogP contribution in [-0.4, -0.2) is 4.57 Å². The van der Waals surface area contributed by atoms with Crippen molar-refractivity contribution in [2.75, 3.05) is 5.73 Å². The summed E-state index contributed by atoms with van der Waals surface area (Å²) in [6, 6.07) is 12.3. The van der Waals surface area contributed by atoms with Crippen molar-refractivity contribution in [2.24, 2.45) is 0 Å². The topological polar surface area (TPSA) is 48.0 Å². The van der Waals surface area contributed by atoms with E-state index in [1.165, 1.54) is 10.6 Å². The molecule has 0 aliphatic heterocycles. The summed E-state index contributed by atoms with van der Waals surface area (Å²) in [5.74, 6) is 0. The largest absolute Gasteiger partial charge is 0.397 e. The number of aromatic nitrogens is 1. The monoisotopic (exact) mass is 186 g/mol. The number of benzene rings is 1. The molecule has 1 aromatic carbocycles. The lowest BCUT2D eigenvalue weighted by atomic mass is 10.2. The maximum atomic E-state index is 11.5. The maximum absolute atomic E-state index is 11.5. The summed E-state index contributed by atoms with van der Waals surface area (Å²) < 4.78 is 1.52. The predicted molar refractivity (Wildman–Crippen MR) is 56.5 cm³/mol. The third kappa shape index (κ3) is 1.40. The fourth-order valence-electron chi connectivity index (χ4n) is 1.33. The van der Waals surface area contributed by atoms with Crippen molar-refractivity contribution in [3.05, 3.63) is 59.0 Å². The number of hydrogen-bond acceptors (Lipinski definition) is 2. The van der Waals surface area contributed by atoms with E-state index in [1.54, 1.807) is 24.4 Å². The molecule has 0 atom stereocenters. The molecule has 2 rings (SSSR count). The summed E-state index contributed by atoms with van der Waals surface area (Å²) in [6.07, 6.45) is 1.70. The van der Waals surface area contributed by atoms with Crippen LogP contribution in [0.3, 0.4) is 0 Å². The number of nitrogens with zero attached hydrogens (tertiary/aromatic N) is 1. The van der Waals surface area contributed by atoms with Crippen molar-refractivity contribution in [2.45, 2.75) is 0 Å². The molecule has 0 aliphatic rings. The molecule has 3 heteroatoms. The van der Waals surface area contributed by atoms with Gasteiger partial charge in [-0.2, -0.15) is 0 Å². The smallest absolute Gasteiger partial charge is 0.255 e. The minimum atomic E-state index is -0.0783. The van der Waals surface area contributed by atoms with E-state index in [9.17, 15) is 4.79 Å². The van der Waals surface area contributed by atoms with Crippen LogP contribution < -0.4 is 11.3 Å². The number of nitrogens with two attached hydrogens (primary N) is 1. The molecule has 0 aliphatic carbocycles. The highest BCUT2D eigenvalue weighted by atomic mass is 16.1. The fraction of sp³-hybridized carbons (Fsp3) is 0. The summed E-state index contributed by atoms with van der Waals surface area (Å²) in [6.45, 7) is 0. The Morgan fingerprint density at radius 3 is 2.43 bits per heavy atom. The lowest BCUT2D eigenvalue weighted by Crippen LogP contribution is -2.16. The Balaban J connectivity index is 2.67. The van der Waals surface area contributed by atoms with Gasteiger partial charge in [-0.15, -0.1) is 0 Å². The van der Waals surface area contributed by atoms with Crippen LogP contribution in [0, 0.1) is 0 Å². The maximum Gasteiger partial charge on any atom is 0.255 e. The van der Waals surface area contributed by atoms with Crippen molar-refractivity contribution in [1.29, 1.82) is 0 Å². The van der Waals surface area contributed by atoms with Gasteiger partial charge in [0.25, 0.3) is 5.56 Å². The Bertz CT molecular complexity index is 502. The first kappa shape index (κ1) is 8.56. The Hall–Kier alpha value is -2.03. The van der Waals surface area contributed by atoms with Crippen LogP contribution in [0.5, 0.6) is 0 Å². The lowest BCUT2D eigenvalue weighted by molar-refractivity contribution is 0.993. The molecule has 0 amide bonds. The van der Waals surface area contributed by atoms with E-state index >= 15 is 0 Å². The highest BCUT2D eigenvalue weighted by Gasteiger charge is 2.00. The summed E-state index contributed by atoms with van der Waals surface area (Å²) >= 11 is 0. The van der Waals surface area contributed by atoms with E-state index in [0.717, 1.165) is 5.69 Å². The van der Waals surface area contributed by atoms with Gasteiger partial charge in [0.1, 0.15) is 0 Å². The standard InChI is InChI=1S/C11H10N2O/c12-9-5-1-2-6-10(9)13-8-4-3-7-11(13)14/h1-8H,12H2. The average Bonchev–Trinajstić information content (AvgIpc) is 2.20. The molecular formula is C11H10N2O. The highest BCUT2D eigenvalue weighted by Crippen LogP contribution is 2.13. The second-order valence-electron chi connectivity index (χ2n) is 2.97. The number of rotatable bonds is 1. The van der Waals surface area contributed by atoms with E-state index in [2.05, 4.69) is 0 Å². The van der Waals surface area contributed by atoms with E-state index in [0.29, 0.717) is 5.69 Å². The van der Waals surface area contributed by atoms with Crippen molar-refractivity contribution < 1.29 is 0 Å². The molecule has 3 nitrogen and oxygen atoms in total. The molecule has 70 valence electrons. The Kier molecular flexibility index (Phi) is 2.07. The van der Waals surface area contributed by atoms with Crippen molar-refractivity contribution in [3.8, 4) is 5.69 Å². The number of pyridine rings is 1. The molecule has 0 saturated heterocycles. The summed E-state index contributed by atoms with van der Waals surface area (Å²) in [5, 5.41) is 0. The zero-order valence-electron chi connectivity index (χ0n) is 7.55. The quantitative estimate of drug-likeness (QED) is 0.685. The molecule has 1 aromatic heterocycles. The van der Waals surface area contributed by atoms with Gasteiger partial charge in [0.15, 0.2) is 0 Å². The molecule has 0 unspecified atom stereocenters.